The Morgan fingerprint density at radius 1 is 1.30 bits per heavy atom. The molecule has 2 heterocycles. The molecular formula is C16H19N3O. The van der Waals surface area contributed by atoms with Crippen molar-refractivity contribution in [1.82, 2.24) is 10.4 Å². The molecule has 1 aromatic carbocycles. The van der Waals surface area contributed by atoms with Crippen molar-refractivity contribution >= 4 is 0 Å². The molecule has 3 N–H and O–H groups in total. The summed E-state index contributed by atoms with van der Waals surface area (Å²) < 4.78 is 5.86. The first-order valence-corrected chi connectivity index (χ1v) is 6.98. The van der Waals surface area contributed by atoms with E-state index in [9.17, 15) is 0 Å². The van der Waals surface area contributed by atoms with Crippen LogP contribution in [0.2, 0.25) is 0 Å². The van der Waals surface area contributed by atoms with Crippen LogP contribution in [0.3, 0.4) is 0 Å². The van der Waals surface area contributed by atoms with Crippen molar-refractivity contribution in [2.24, 2.45) is 5.84 Å². The van der Waals surface area contributed by atoms with E-state index in [4.69, 9.17) is 10.6 Å². The summed E-state index contributed by atoms with van der Waals surface area (Å²) in [6.45, 7) is 0.786. The van der Waals surface area contributed by atoms with Gasteiger partial charge in [-0.2, -0.15) is 0 Å². The van der Waals surface area contributed by atoms with Gasteiger partial charge in [0.1, 0.15) is 5.75 Å². The molecule has 20 heavy (non-hydrogen) atoms. The Bertz CT molecular complexity index is 571. The van der Waals surface area contributed by atoms with E-state index in [0.29, 0.717) is 0 Å². The minimum absolute atomic E-state index is 0.0345. The van der Waals surface area contributed by atoms with Gasteiger partial charge in [-0.3, -0.25) is 16.3 Å². The van der Waals surface area contributed by atoms with Gasteiger partial charge in [-0.1, -0.05) is 24.3 Å². The Labute approximate surface area is 119 Å². The number of aromatic nitrogens is 1. The Balaban J connectivity index is 1.90. The monoisotopic (exact) mass is 269 g/mol. The molecule has 3 rings (SSSR count). The van der Waals surface area contributed by atoms with E-state index < -0.39 is 0 Å². The summed E-state index contributed by atoms with van der Waals surface area (Å²) in [4.78, 5) is 4.15. The van der Waals surface area contributed by atoms with Crippen LogP contribution in [0.4, 0.5) is 0 Å². The molecular weight excluding hydrogens is 250 g/mol. The van der Waals surface area contributed by atoms with E-state index in [1.165, 1.54) is 5.56 Å². The normalized spacial score (nSPS) is 15.2. The lowest BCUT2D eigenvalue weighted by Gasteiger charge is -2.25. The largest absolute Gasteiger partial charge is 0.493 e. The number of hydrazine groups is 1. The number of fused-ring (bicyclic) bond motifs is 1. The molecule has 1 aliphatic rings. The first-order chi connectivity index (χ1) is 9.88. The number of benzene rings is 1. The Morgan fingerprint density at radius 3 is 3.05 bits per heavy atom. The number of rotatable bonds is 4. The molecule has 0 spiro atoms. The Morgan fingerprint density at radius 2 is 2.25 bits per heavy atom. The summed E-state index contributed by atoms with van der Waals surface area (Å²) in [5, 5.41) is 0. The van der Waals surface area contributed by atoms with Gasteiger partial charge in [0.05, 0.1) is 12.6 Å². The predicted molar refractivity (Wildman–Crippen MR) is 78.3 cm³/mol. The van der Waals surface area contributed by atoms with Gasteiger partial charge in [-0.15, -0.1) is 0 Å². The molecule has 0 saturated heterocycles. The quantitative estimate of drug-likeness (QED) is 0.659. The fourth-order valence-corrected chi connectivity index (χ4v) is 2.70. The highest BCUT2D eigenvalue weighted by Crippen LogP contribution is 2.33. The fourth-order valence-electron chi connectivity index (χ4n) is 2.70. The van der Waals surface area contributed by atoms with Crippen LogP contribution in [0.15, 0.2) is 42.7 Å². The van der Waals surface area contributed by atoms with Crippen LogP contribution in [0, 0.1) is 0 Å². The van der Waals surface area contributed by atoms with Crippen molar-refractivity contribution in [3.05, 3.63) is 59.4 Å². The molecule has 2 aromatic rings. The molecule has 4 nitrogen and oxygen atoms in total. The van der Waals surface area contributed by atoms with Crippen molar-refractivity contribution in [1.29, 1.82) is 0 Å². The zero-order valence-corrected chi connectivity index (χ0v) is 11.4. The van der Waals surface area contributed by atoms with Crippen molar-refractivity contribution < 1.29 is 4.74 Å². The van der Waals surface area contributed by atoms with E-state index in [1.54, 1.807) is 6.20 Å². The Hall–Kier alpha value is -1.91. The SMILES string of the molecule is NNC(Cc1cccnc1)c1cccc2c1OCCC2. The third-order valence-electron chi connectivity index (χ3n) is 3.70. The fraction of sp³-hybridized carbons (Fsp3) is 0.312. The second-order valence-electron chi connectivity index (χ2n) is 5.07. The van der Waals surface area contributed by atoms with Crippen molar-refractivity contribution in [3.8, 4) is 5.75 Å². The number of para-hydroxylation sites is 1. The lowest BCUT2D eigenvalue weighted by molar-refractivity contribution is 0.281. The van der Waals surface area contributed by atoms with Gasteiger partial charge in [0.15, 0.2) is 0 Å². The minimum atomic E-state index is 0.0345. The molecule has 0 fully saturated rings. The molecule has 0 aliphatic carbocycles. The van der Waals surface area contributed by atoms with Crippen LogP contribution in [-0.4, -0.2) is 11.6 Å². The highest BCUT2D eigenvalue weighted by atomic mass is 16.5. The topological polar surface area (TPSA) is 60.2 Å². The lowest BCUT2D eigenvalue weighted by atomic mass is 9.95. The van der Waals surface area contributed by atoms with E-state index in [1.807, 2.05) is 12.3 Å². The van der Waals surface area contributed by atoms with Crippen LogP contribution < -0.4 is 16.0 Å². The third kappa shape index (κ3) is 2.66. The number of ether oxygens (including phenoxy) is 1. The molecule has 4 heteroatoms. The third-order valence-corrected chi connectivity index (χ3v) is 3.70. The number of hydrogen-bond donors (Lipinski definition) is 2. The van der Waals surface area contributed by atoms with Gasteiger partial charge >= 0.3 is 0 Å². The van der Waals surface area contributed by atoms with E-state index in [2.05, 4.69) is 34.7 Å². The van der Waals surface area contributed by atoms with Crippen LogP contribution in [0.1, 0.15) is 29.2 Å². The van der Waals surface area contributed by atoms with Gasteiger partial charge in [-0.05, 0) is 36.5 Å². The number of nitrogens with zero attached hydrogens (tertiary/aromatic N) is 1. The summed E-state index contributed by atoms with van der Waals surface area (Å²) in [6, 6.07) is 10.3. The molecule has 104 valence electrons. The number of nitrogens with one attached hydrogen (secondary N) is 1. The maximum Gasteiger partial charge on any atom is 0.127 e. The number of aryl methyl sites for hydroxylation is 1. The van der Waals surface area contributed by atoms with Crippen LogP contribution in [0.25, 0.3) is 0 Å². The average Bonchev–Trinajstić information content (AvgIpc) is 2.53. The van der Waals surface area contributed by atoms with Crippen molar-refractivity contribution in [2.75, 3.05) is 6.61 Å². The van der Waals surface area contributed by atoms with Crippen molar-refractivity contribution in [2.45, 2.75) is 25.3 Å². The van der Waals surface area contributed by atoms with Gasteiger partial charge in [0, 0.05) is 18.0 Å². The highest BCUT2D eigenvalue weighted by Gasteiger charge is 2.20. The van der Waals surface area contributed by atoms with Gasteiger partial charge in [0.2, 0.25) is 0 Å². The summed E-state index contributed by atoms with van der Waals surface area (Å²) in [5.74, 6) is 6.76. The van der Waals surface area contributed by atoms with E-state index >= 15 is 0 Å². The maximum absolute atomic E-state index is 5.86. The Kier molecular flexibility index (Phi) is 3.95. The predicted octanol–water partition coefficient (Wildman–Crippen LogP) is 2.15. The van der Waals surface area contributed by atoms with Crippen LogP contribution >= 0.6 is 0 Å². The number of pyridine rings is 1. The van der Waals surface area contributed by atoms with Gasteiger partial charge < -0.3 is 4.74 Å². The second-order valence-corrected chi connectivity index (χ2v) is 5.07. The van der Waals surface area contributed by atoms with Gasteiger partial charge in [0.25, 0.3) is 0 Å². The van der Waals surface area contributed by atoms with Gasteiger partial charge in [-0.25, -0.2) is 0 Å². The van der Waals surface area contributed by atoms with Crippen LogP contribution in [0.5, 0.6) is 5.75 Å². The molecule has 1 aromatic heterocycles. The van der Waals surface area contributed by atoms with Crippen LogP contribution in [-0.2, 0) is 12.8 Å². The number of nitrogens with two attached hydrogens (primary N) is 1. The minimum Gasteiger partial charge on any atom is -0.493 e. The molecule has 1 atom stereocenters. The smallest absolute Gasteiger partial charge is 0.127 e. The standard InChI is InChI=1S/C16H19N3O/c17-19-15(10-12-4-2-8-18-11-12)14-7-1-5-13-6-3-9-20-16(13)14/h1-2,4-5,7-8,11,15,19H,3,6,9-10,17H2. The summed E-state index contributed by atoms with van der Waals surface area (Å²) in [6.07, 6.45) is 6.61. The zero-order valence-electron chi connectivity index (χ0n) is 11.4. The average molecular weight is 269 g/mol. The molecule has 0 bridgehead atoms. The maximum atomic E-state index is 5.86. The molecule has 0 amide bonds. The lowest BCUT2D eigenvalue weighted by Crippen LogP contribution is -2.30. The first kappa shape index (κ1) is 13.1. The summed E-state index contributed by atoms with van der Waals surface area (Å²) in [5.41, 5.74) is 6.48. The molecule has 0 radical (unpaired) electrons. The van der Waals surface area contributed by atoms with E-state index in [-0.39, 0.29) is 6.04 Å². The number of hydrogen-bond acceptors (Lipinski definition) is 4. The summed E-state index contributed by atoms with van der Waals surface area (Å²) in [7, 11) is 0. The van der Waals surface area contributed by atoms with E-state index in [0.717, 1.165) is 42.7 Å². The van der Waals surface area contributed by atoms with Crippen molar-refractivity contribution in [3.63, 3.8) is 0 Å². The molecule has 0 saturated carbocycles. The highest BCUT2D eigenvalue weighted by molar-refractivity contribution is 5.45. The summed E-state index contributed by atoms with van der Waals surface area (Å²) >= 11 is 0. The first-order valence-electron chi connectivity index (χ1n) is 6.98. The zero-order chi connectivity index (χ0) is 13.8. The second kappa shape index (κ2) is 6.03. The molecule has 1 unspecified atom stereocenters. The molecule has 1 aliphatic heterocycles.